The van der Waals surface area contributed by atoms with E-state index in [1.54, 1.807) is 6.07 Å². The third-order valence-electron chi connectivity index (χ3n) is 3.28. The van der Waals surface area contributed by atoms with Crippen LogP contribution in [0.15, 0.2) is 30.3 Å². The molecule has 6 heteroatoms. The minimum Gasteiger partial charge on any atom is -0.506 e. The van der Waals surface area contributed by atoms with Crippen LogP contribution in [0, 0.1) is 0 Å². The highest BCUT2D eigenvalue weighted by atomic mass is 16.7. The second-order valence-electron chi connectivity index (χ2n) is 4.58. The smallest absolute Gasteiger partial charge is 0.257 e. The summed E-state index contributed by atoms with van der Waals surface area (Å²) in [6.45, 7) is 0.373. The predicted molar refractivity (Wildman–Crippen MR) is 75.8 cm³/mol. The zero-order valence-corrected chi connectivity index (χ0v) is 10.7. The SMILES string of the molecule is Nc1c(O)ccc(-c2ccc3c(c2)COC(N)O3)c1N. The van der Waals surface area contributed by atoms with Crippen LogP contribution in [-0.4, -0.2) is 11.5 Å². The number of aromatic hydroxyl groups is 1. The largest absolute Gasteiger partial charge is 0.506 e. The van der Waals surface area contributed by atoms with Crippen molar-refractivity contribution in [2.45, 2.75) is 13.0 Å². The molecule has 1 atom stereocenters. The molecule has 0 bridgehead atoms. The number of benzene rings is 2. The van der Waals surface area contributed by atoms with Crippen LogP contribution in [0.1, 0.15) is 5.56 Å². The molecule has 1 aliphatic rings. The van der Waals surface area contributed by atoms with Crippen molar-refractivity contribution in [1.82, 2.24) is 0 Å². The average Bonchev–Trinajstić information content (AvgIpc) is 2.44. The molecule has 0 fully saturated rings. The normalized spacial score (nSPS) is 17.4. The summed E-state index contributed by atoms with van der Waals surface area (Å²) in [5, 5.41) is 9.53. The van der Waals surface area contributed by atoms with Crippen LogP contribution < -0.4 is 21.9 Å². The van der Waals surface area contributed by atoms with Gasteiger partial charge >= 0.3 is 0 Å². The molecule has 0 spiro atoms. The van der Waals surface area contributed by atoms with Gasteiger partial charge < -0.3 is 26.0 Å². The standard InChI is InChI=1S/C14H15N3O3/c15-12-9(2-3-10(18)13(12)16)7-1-4-11-8(5-7)6-19-14(17)20-11/h1-5,14,18H,6,15-17H2. The summed E-state index contributed by atoms with van der Waals surface area (Å²) < 4.78 is 10.6. The van der Waals surface area contributed by atoms with Crippen molar-refractivity contribution in [3.05, 3.63) is 35.9 Å². The van der Waals surface area contributed by atoms with E-state index >= 15 is 0 Å². The molecule has 104 valence electrons. The highest BCUT2D eigenvalue weighted by Gasteiger charge is 2.18. The van der Waals surface area contributed by atoms with Gasteiger partial charge in [0, 0.05) is 11.1 Å². The van der Waals surface area contributed by atoms with E-state index in [9.17, 15) is 5.11 Å². The van der Waals surface area contributed by atoms with Crippen LogP contribution in [0.2, 0.25) is 0 Å². The average molecular weight is 273 g/mol. The molecule has 0 aliphatic carbocycles. The van der Waals surface area contributed by atoms with Gasteiger partial charge in [-0.2, -0.15) is 0 Å². The van der Waals surface area contributed by atoms with Gasteiger partial charge in [0.05, 0.1) is 18.0 Å². The molecule has 0 saturated carbocycles. The molecular weight excluding hydrogens is 258 g/mol. The van der Waals surface area contributed by atoms with Gasteiger partial charge in [0.15, 0.2) is 0 Å². The van der Waals surface area contributed by atoms with Crippen molar-refractivity contribution >= 4 is 11.4 Å². The Balaban J connectivity index is 2.06. The van der Waals surface area contributed by atoms with Gasteiger partial charge in [-0.05, 0) is 29.8 Å². The van der Waals surface area contributed by atoms with Crippen LogP contribution >= 0.6 is 0 Å². The second kappa shape index (κ2) is 4.59. The Morgan fingerprint density at radius 2 is 1.90 bits per heavy atom. The zero-order chi connectivity index (χ0) is 14.3. The molecular formula is C14H15N3O3. The quantitative estimate of drug-likeness (QED) is 0.460. The highest BCUT2D eigenvalue weighted by molar-refractivity contribution is 5.87. The van der Waals surface area contributed by atoms with E-state index in [2.05, 4.69) is 0 Å². The molecule has 0 aromatic heterocycles. The number of fused-ring (bicyclic) bond motifs is 1. The summed E-state index contributed by atoms with van der Waals surface area (Å²) in [6.07, 6.45) is -0.734. The van der Waals surface area contributed by atoms with E-state index in [0.717, 1.165) is 16.7 Å². The fourth-order valence-electron chi connectivity index (χ4n) is 2.18. The van der Waals surface area contributed by atoms with E-state index in [1.165, 1.54) is 6.07 Å². The monoisotopic (exact) mass is 273 g/mol. The topological polar surface area (TPSA) is 117 Å². The zero-order valence-electron chi connectivity index (χ0n) is 10.7. The number of nitrogens with two attached hydrogens (primary N) is 3. The number of phenolic OH excluding ortho intramolecular Hbond substituents is 1. The van der Waals surface area contributed by atoms with Gasteiger partial charge in [-0.1, -0.05) is 6.07 Å². The van der Waals surface area contributed by atoms with Gasteiger partial charge in [-0.25, -0.2) is 0 Å². The molecule has 1 heterocycles. The number of phenols is 1. The third kappa shape index (κ3) is 2.01. The van der Waals surface area contributed by atoms with Crippen LogP contribution in [0.25, 0.3) is 11.1 Å². The maximum Gasteiger partial charge on any atom is 0.257 e. The Morgan fingerprint density at radius 3 is 2.70 bits per heavy atom. The summed E-state index contributed by atoms with van der Waals surface area (Å²) in [7, 11) is 0. The first kappa shape index (κ1) is 12.6. The van der Waals surface area contributed by atoms with Gasteiger partial charge in [-0.15, -0.1) is 0 Å². The summed E-state index contributed by atoms with van der Waals surface area (Å²) in [4.78, 5) is 0. The lowest BCUT2D eigenvalue weighted by Gasteiger charge is -2.23. The van der Waals surface area contributed by atoms with Gasteiger partial charge in [0.1, 0.15) is 11.5 Å². The first-order valence-corrected chi connectivity index (χ1v) is 6.10. The lowest BCUT2D eigenvalue weighted by atomic mass is 9.99. The van der Waals surface area contributed by atoms with Crippen LogP contribution in [0.5, 0.6) is 11.5 Å². The predicted octanol–water partition coefficient (Wildman–Crippen LogP) is 1.37. The molecule has 2 aromatic rings. The Bertz CT molecular complexity index is 673. The first-order valence-electron chi connectivity index (χ1n) is 6.10. The van der Waals surface area contributed by atoms with Crippen molar-refractivity contribution in [1.29, 1.82) is 0 Å². The summed E-state index contributed by atoms with van der Waals surface area (Å²) >= 11 is 0. The summed E-state index contributed by atoms with van der Waals surface area (Å²) in [6, 6.07) is 8.82. The van der Waals surface area contributed by atoms with Crippen LogP contribution in [0.4, 0.5) is 11.4 Å². The number of hydrogen-bond acceptors (Lipinski definition) is 6. The molecule has 7 N–H and O–H groups in total. The van der Waals surface area contributed by atoms with E-state index in [1.807, 2.05) is 18.2 Å². The molecule has 3 rings (SSSR count). The molecule has 6 nitrogen and oxygen atoms in total. The van der Waals surface area contributed by atoms with Crippen LogP contribution in [-0.2, 0) is 11.3 Å². The molecule has 0 saturated heterocycles. The lowest BCUT2D eigenvalue weighted by molar-refractivity contribution is -0.103. The lowest BCUT2D eigenvalue weighted by Crippen LogP contribution is -2.33. The van der Waals surface area contributed by atoms with E-state index in [0.29, 0.717) is 18.0 Å². The second-order valence-corrected chi connectivity index (χ2v) is 4.58. The third-order valence-corrected chi connectivity index (χ3v) is 3.28. The Morgan fingerprint density at radius 1 is 1.10 bits per heavy atom. The van der Waals surface area contributed by atoms with Gasteiger partial charge in [-0.3, -0.25) is 5.73 Å². The van der Waals surface area contributed by atoms with Crippen molar-refractivity contribution in [2.24, 2.45) is 5.73 Å². The van der Waals surface area contributed by atoms with E-state index in [-0.39, 0.29) is 11.4 Å². The minimum absolute atomic E-state index is 0.0261. The van der Waals surface area contributed by atoms with Crippen LogP contribution in [0.3, 0.4) is 0 Å². The molecule has 2 aromatic carbocycles. The highest BCUT2D eigenvalue weighted by Crippen LogP contribution is 2.38. The maximum absolute atomic E-state index is 9.53. The van der Waals surface area contributed by atoms with Gasteiger partial charge in [0.25, 0.3) is 6.41 Å². The fourth-order valence-corrected chi connectivity index (χ4v) is 2.18. The number of ether oxygens (including phenoxy) is 2. The number of rotatable bonds is 1. The molecule has 1 aliphatic heterocycles. The maximum atomic E-state index is 9.53. The molecule has 0 amide bonds. The molecule has 1 unspecified atom stereocenters. The molecule has 0 radical (unpaired) electrons. The first-order chi connectivity index (χ1) is 9.56. The number of hydrogen-bond donors (Lipinski definition) is 4. The number of nitrogen functional groups attached to an aromatic ring is 2. The Hall–Kier alpha value is -2.44. The molecule has 20 heavy (non-hydrogen) atoms. The summed E-state index contributed by atoms with van der Waals surface area (Å²) in [5.41, 5.74) is 20.3. The number of anilines is 2. The van der Waals surface area contributed by atoms with Crippen molar-refractivity contribution < 1.29 is 14.6 Å². The van der Waals surface area contributed by atoms with Crippen molar-refractivity contribution in [3.8, 4) is 22.6 Å². The Kier molecular flexibility index (Phi) is 2.89. The van der Waals surface area contributed by atoms with E-state index in [4.69, 9.17) is 26.7 Å². The van der Waals surface area contributed by atoms with Gasteiger partial charge in [0.2, 0.25) is 0 Å². The van der Waals surface area contributed by atoms with Crippen molar-refractivity contribution in [3.63, 3.8) is 0 Å². The fraction of sp³-hybridized carbons (Fsp3) is 0.143. The summed E-state index contributed by atoms with van der Waals surface area (Å²) in [5.74, 6) is 0.666. The Labute approximate surface area is 115 Å². The van der Waals surface area contributed by atoms with Crippen molar-refractivity contribution in [2.75, 3.05) is 11.5 Å². The minimum atomic E-state index is -0.734. The van der Waals surface area contributed by atoms with E-state index < -0.39 is 6.41 Å².